The van der Waals surface area contributed by atoms with Crippen LogP contribution in [-0.4, -0.2) is 32.9 Å². The lowest BCUT2D eigenvalue weighted by Crippen LogP contribution is -2.27. The van der Waals surface area contributed by atoms with E-state index in [0.717, 1.165) is 6.26 Å². The lowest BCUT2D eigenvalue weighted by atomic mass is 10.1. The molecular formula is C12H19FN2O3S. The topological polar surface area (TPSA) is 78.4 Å². The van der Waals surface area contributed by atoms with Crippen LogP contribution in [-0.2, 0) is 10.0 Å². The monoisotopic (exact) mass is 290 g/mol. The van der Waals surface area contributed by atoms with Crippen LogP contribution < -0.4 is 10.0 Å². The molecule has 0 aliphatic rings. The van der Waals surface area contributed by atoms with E-state index in [4.69, 9.17) is 0 Å². The molecule has 0 radical (unpaired) electrons. The zero-order valence-corrected chi connectivity index (χ0v) is 11.8. The second kappa shape index (κ2) is 6.83. The quantitative estimate of drug-likeness (QED) is 0.658. The average molecular weight is 290 g/mol. The highest BCUT2D eigenvalue weighted by molar-refractivity contribution is 7.88. The molecule has 5 nitrogen and oxygen atoms in total. The van der Waals surface area contributed by atoms with Crippen LogP contribution in [0.15, 0.2) is 18.2 Å². The predicted octanol–water partition coefficient (Wildman–Crippen LogP) is 1.12. The zero-order valence-electron chi connectivity index (χ0n) is 11.0. The largest absolute Gasteiger partial charge is 0.508 e. The van der Waals surface area contributed by atoms with E-state index in [1.54, 1.807) is 6.92 Å². The van der Waals surface area contributed by atoms with Gasteiger partial charge in [-0.3, -0.25) is 0 Å². The summed E-state index contributed by atoms with van der Waals surface area (Å²) in [4.78, 5) is 0. The maximum atomic E-state index is 13.1. The molecule has 0 aromatic heterocycles. The van der Waals surface area contributed by atoms with Gasteiger partial charge in [-0.2, -0.15) is 0 Å². The molecule has 1 atom stereocenters. The molecule has 0 saturated carbocycles. The molecule has 0 aliphatic heterocycles. The van der Waals surface area contributed by atoms with E-state index in [0.29, 0.717) is 25.1 Å². The normalized spacial score (nSPS) is 13.4. The Morgan fingerprint density at radius 1 is 1.37 bits per heavy atom. The molecule has 1 unspecified atom stereocenters. The fourth-order valence-corrected chi connectivity index (χ4v) is 2.16. The molecule has 1 rings (SSSR count). The minimum absolute atomic E-state index is 0.0376. The van der Waals surface area contributed by atoms with Gasteiger partial charge in [0.2, 0.25) is 10.0 Å². The van der Waals surface area contributed by atoms with Gasteiger partial charge in [0, 0.05) is 18.2 Å². The minimum atomic E-state index is -3.16. The second-order valence-electron chi connectivity index (χ2n) is 4.40. The molecule has 0 bridgehead atoms. The first-order valence-corrected chi connectivity index (χ1v) is 7.85. The van der Waals surface area contributed by atoms with Gasteiger partial charge in [0.25, 0.3) is 0 Å². The van der Waals surface area contributed by atoms with Crippen molar-refractivity contribution in [1.82, 2.24) is 10.0 Å². The van der Waals surface area contributed by atoms with Crippen molar-refractivity contribution in [2.24, 2.45) is 0 Å². The number of phenols is 1. The number of phenolic OH excluding ortho intramolecular Hbond substituents is 1. The molecule has 0 amide bonds. The molecule has 0 saturated heterocycles. The molecule has 0 fully saturated rings. The van der Waals surface area contributed by atoms with E-state index >= 15 is 0 Å². The number of hydrogen-bond donors (Lipinski definition) is 3. The first-order chi connectivity index (χ1) is 8.79. The molecule has 1 aromatic carbocycles. The first kappa shape index (κ1) is 15.9. The highest BCUT2D eigenvalue weighted by atomic mass is 32.2. The second-order valence-corrected chi connectivity index (χ2v) is 6.23. The highest BCUT2D eigenvalue weighted by Gasteiger charge is 2.10. The number of nitrogens with one attached hydrogen (secondary N) is 2. The summed E-state index contributed by atoms with van der Waals surface area (Å²) < 4.78 is 37.1. The number of rotatable bonds is 7. The van der Waals surface area contributed by atoms with Crippen LogP contribution in [0.2, 0.25) is 0 Å². The Labute approximate surface area is 112 Å². The number of halogens is 1. The van der Waals surface area contributed by atoms with Crippen molar-refractivity contribution in [3.05, 3.63) is 29.6 Å². The molecule has 19 heavy (non-hydrogen) atoms. The van der Waals surface area contributed by atoms with Crippen molar-refractivity contribution >= 4 is 10.0 Å². The van der Waals surface area contributed by atoms with Gasteiger partial charge in [-0.1, -0.05) is 0 Å². The van der Waals surface area contributed by atoms with Crippen molar-refractivity contribution in [1.29, 1.82) is 0 Å². The Morgan fingerprint density at radius 2 is 2.05 bits per heavy atom. The van der Waals surface area contributed by atoms with Crippen LogP contribution in [0, 0.1) is 5.82 Å². The first-order valence-electron chi connectivity index (χ1n) is 5.96. The number of hydrogen-bond acceptors (Lipinski definition) is 4. The number of sulfonamides is 1. The highest BCUT2D eigenvalue weighted by Crippen LogP contribution is 2.24. The Balaban J connectivity index is 2.39. The molecule has 0 heterocycles. The molecule has 1 aromatic rings. The fraction of sp³-hybridized carbons (Fsp3) is 0.500. The molecule has 3 N–H and O–H groups in total. The van der Waals surface area contributed by atoms with Gasteiger partial charge >= 0.3 is 0 Å². The maximum Gasteiger partial charge on any atom is 0.208 e. The zero-order chi connectivity index (χ0) is 14.5. The van der Waals surface area contributed by atoms with E-state index in [1.807, 2.05) is 0 Å². The van der Waals surface area contributed by atoms with Crippen molar-refractivity contribution in [3.8, 4) is 5.75 Å². The summed E-state index contributed by atoms with van der Waals surface area (Å²) in [6.45, 7) is 2.70. The van der Waals surface area contributed by atoms with Crippen LogP contribution in [0.3, 0.4) is 0 Å². The third kappa shape index (κ3) is 6.00. The van der Waals surface area contributed by atoms with E-state index in [2.05, 4.69) is 10.0 Å². The Morgan fingerprint density at radius 3 is 2.68 bits per heavy atom. The summed E-state index contributed by atoms with van der Waals surface area (Å²) in [6.07, 6.45) is 1.71. The smallest absolute Gasteiger partial charge is 0.208 e. The SMILES string of the molecule is CC(NCCCNS(C)(=O)=O)c1cc(F)ccc1O. The Kier molecular flexibility index (Phi) is 5.71. The van der Waals surface area contributed by atoms with Gasteiger partial charge in [-0.15, -0.1) is 0 Å². The van der Waals surface area contributed by atoms with Gasteiger partial charge in [0.05, 0.1) is 6.26 Å². The van der Waals surface area contributed by atoms with Crippen molar-refractivity contribution in [2.75, 3.05) is 19.3 Å². The summed E-state index contributed by atoms with van der Waals surface area (Å²) in [5, 5.41) is 12.7. The number of aromatic hydroxyl groups is 1. The van der Waals surface area contributed by atoms with E-state index < -0.39 is 15.8 Å². The van der Waals surface area contributed by atoms with Crippen LogP contribution in [0.1, 0.15) is 24.9 Å². The van der Waals surface area contributed by atoms with Gasteiger partial charge in [-0.25, -0.2) is 17.5 Å². The summed E-state index contributed by atoms with van der Waals surface area (Å²) >= 11 is 0. The standard InChI is InChI=1S/C12H19FN2O3S/c1-9(11-8-10(13)4-5-12(11)16)14-6-3-7-15-19(2,17)18/h4-5,8-9,14-16H,3,6-7H2,1-2H3. The Bertz CT molecular complexity index is 520. The van der Waals surface area contributed by atoms with Crippen LogP contribution in [0.5, 0.6) is 5.75 Å². The van der Waals surface area contributed by atoms with Gasteiger partial charge < -0.3 is 10.4 Å². The molecule has 7 heteroatoms. The van der Waals surface area contributed by atoms with E-state index in [9.17, 15) is 17.9 Å². The van der Waals surface area contributed by atoms with Gasteiger partial charge in [-0.05, 0) is 38.1 Å². The molecule has 0 spiro atoms. The predicted molar refractivity (Wildman–Crippen MR) is 71.9 cm³/mol. The van der Waals surface area contributed by atoms with E-state index in [-0.39, 0.29) is 11.8 Å². The third-order valence-corrected chi connectivity index (χ3v) is 3.35. The molecular weight excluding hydrogens is 271 g/mol. The fourth-order valence-electron chi connectivity index (χ4n) is 1.65. The third-order valence-electron chi connectivity index (χ3n) is 2.62. The summed E-state index contributed by atoms with van der Waals surface area (Å²) in [7, 11) is -3.16. The summed E-state index contributed by atoms with van der Waals surface area (Å²) in [5.41, 5.74) is 0.482. The lowest BCUT2D eigenvalue weighted by Gasteiger charge is -2.15. The lowest BCUT2D eigenvalue weighted by molar-refractivity contribution is 0.448. The van der Waals surface area contributed by atoms with E-state index in [1.165, 1.54) is 18.2 Å². The molecule has 0 aliphatic carbocycles. The molecule has 108 valence electrons. The summed E-state index contributed by atoms with van der Waals surface area (Å²) in [5.74, 6) is -0.365. The average Bonchev–Trinajstić information content (AvgIpc) is 2.30. The van der Waals surface area contributed by atoms with Crippen LogP contribution in [0.25, 0.3) is 0 Å². The van der Waals surface area contributed by atoms with Crippen molar-refractivity contribution < 1.29 is 17.9 Å². The number of benzene rings is 1. The van der Waals surface area contributed by atoms with Gasteiger partial charge in [0.1, 0.15) is 11.6 Å². The van der Waals surface area contributed by atoms with Crippen LogP contribution >= 0.6 is 0 Å². The van der Waals surface area contributed by atoms with Crippen molar-refractivity contribution in [2.45, 2.75) is 19.4 Å². The van der Waals surface area contributed by atoms with Gasteiger partial charge in [0.15, 0.2) is 0 Å². The minimum Gasteiger partial charge on any atom is -0.508 e. The Hall–Kier alpha value is -1.18. The maximum absolute atomic E-state index is 13.1. The van der Waals surface area contributed by atoms with Crippen molar-refractivity contribution in [3.63, 3.8) is 0 Å². The summed E-state index contributed by atoms with van der Waals surface area (Å²) in [6, 6.07) is 3.58. The van der Waals surface area contributed by atoms with Crippen LogP contribution in [0.4, 0.5) is 4.39 Å².